The molecule has 1 unspecified atom stereocenters. The van der Waals surface area contributed by atoms with E-state index in [0.717, 1.165) is 19.5 Å². The number of likely N-dealkylation sites (N-methyl/N-ethyl adjacent to an activating group) is 1. The van der Waals surface area contributed by atoms with Gasteiger partial charge in [-0.05, 0) is 25.1 Å². The fourth-order valence-corrected chi connectivity index (χ4v) is 2.50. The van der Waals surface area contributed by atoms with E-state index < -0.39 is 0 Å². The largest absolute Gasteiger partial charge is 0.353 e. The summed E-state index contributed by atoms with van der Waals surface area (Å²) in [4.78, 5) is 25.2. The molecule has 0 bridgehead atoms. The molecule has 1 aromatic rings. The Morgan fingerprint density at radius 2 is 1.64 bits per heavy atom. The van der Waals surface area contributed by atoms with E-state index in [4.69, 9.17) is 5.73 Å². The number of nitrogens with two attached hydrogens (primary N) is 1. The molecule has 0 saturated carbocycles. The molecule has 25 heavy (non-hydrogen) atoms. The molecule has 0 spiro atoms. The number of carbonyl (C=O) groups excluding carboxylic acids is 2. The number of hydrogen-bond donors (Lipinski definition) is 3. The maximum atomic E-state index is 11.8. The topological polar surface area (TPSA) is 87.5 Å². The van der Waals surface area contributed by atoms with Crippen LogP contribution in [-0.2, 0) is 16.0 Å². The van der Waals surface area contributed by atoms with Crippen molar-refractivity contribution in [3.8, 4) is 0 Å². The summed E-state index contributed by atoms with van der Waals surface area (Å²) >= 11 is 0. The average molecular weight is 393 g/mol. The molecule has 144 valence electrons. The normalized spacial score (nSPS) is 11.0. The summed E-state index contributed by atoms with van der Waals surface area (Å²) in [5.74, 6) is -0.526. The third-order valence-corrected chi connectivity index (χ3v) is 3.81. The van der Waals surface area contributed by atoms with Crippen molar-refractivity contribution in [1.29, 1.82) is 0 Å². The Morgan fingerprint density at radius 1 is 1.04 bits per heavy atom. The summed E-state index contributed by atoms with van der Waals surface area (Å²) in [5, 5.41) is 5.37. The van der Waals surface area contributed by atoms with Crippen LogP contribution in [0.2, 0.25) is 0 Å². The SMILES string of the molecule is CCN(CC)C(CNC(=O)CNC(=O)CN)Cc1ccccc1.Cl.Cl. The number of rotatable bonds is 10. The molecule has 0 aliphatic heterocycles. The molecule has 0 saturated heterocycles. The number of carbonyl (C=O) groups is 2. The van der Waals surface area contributed by atoms with Crippen molar-refractivity contribution >= 4 is 36.6 Å². The van der Waals surface area contributed by atoms with Crippen LogP contribution in [0, 0.1) is 0 Å². The van der Waals surface area contributed by atoms with Crippen molar-refractivity contribution in [2.75, 3.05) is 32.7 Å². The minimum Gasteiger partial charge on any atom is -0.353 e. The van der Waals surface area contributed by atoms with Gasteiger partial charge in [0.25, 0.3) is 0 Å². The lowest BCUT2D eigenvalue weighted by atomic mass is 10.0. The van der Waals surface area contributed by atoms with Gasteiger partial charge in [-0.2, -0.15) is 0 Å². The van der Waals surface area contributed by atoms with Gasteiger partial charge in [-0.3, -0.25) is 14.5 Å². The van der Waals surface area contributed by atoms with Crippen LogP contribution < -0.4 is 16.4 Å². The monoisotopic (exact) mass is 392 g/mol. The quantitative estimate of drug-likeness (QED) is 0.553. The van der Waals surface area contributed by atoms with Crippen molar-refractivity contribution in [2.24, 2.45) is 5.73 Å². The molecule has 0 aromatic heterocycles. The Kier molecular flexibility index (Phi) is 15.5. The lowest BCUT2D eigenvalue weighted by molar-refractivity contribution is -0.125. The van der Waals surface area contributed by atoms with Crippen LogP contribution in [0.1, 0.15) is 19.4 Å². The zero-order valence-electron chi connectivity index (χ0n) is 14.9. The predicted molar refractivity (Wildman–Crippen MR) is 106 cm³/mol. The number of nitrogens with zero attached hydrogens (tertiary/aromatic N) is 1. The molecule has 1 atom stereocenters. The highest BCUT2D eigenvalue weighted by atomic mass is 35.5. The molecule has 8 heteroatoms. The van der Waals surface area contributed by atoms with Crippen LogP contribution in [0.5, 0.6) is 0 Å². The van der Waals surface area contributed by atoms with Crippen molar-refractivity contribution < 1.29 is 9.59 Å². The molecule has 0 aliphatic rings. The molecule has 0 heterocycles. The second-order valence-electron chi connectivity index (χ2n) is 5.35. The summed E-state index contributed by atoms with van der Waals surface area (Å²) in [6.45, 7) is 6.49. The Morgan fingerprint density at radius 3 is 2.16 bits per heavy atom. The van der Waals surface area contributed by atoms with Gasteiger partial charge in [-0.1, -0.05) is 44.2 Å². The molecule has 0 fully saturated rings. The first-order valence-electron chi connectivity index (χ1n) is 8.12. The van der Waals surface area contributed by atoms with Crippen LogP contribution >= 0.6 is 24.8 Å². The zero-order valence-corrected chi connectivity index (χ0v) is 16.5. The van der Waals surface area contributed by atoms with E-state index >= 15 is 0 Å². The highest BCUT2D eigenvalue weighted by Crippen LogP contribution is 2.08. The van der Waals surface area contributed by atoms with Gasteiger partial charge in [0.05, 0.1) is 13.1 Å². The van der Waals surface area contributed by atoms with Gasteiger partial charge in [0, 0.05) is 12.6 Å². The molecule has 1 rings (SSSR count). The lowest BCUT2D eigenvalue weighted by Crippen LogP contribution is -2.47. The first kappa shape index (κ1) is 25.9. The second kappa shape index (κ2) is 15.0. The van der Waals surface area contributed by atoms with E-state index in [2.05, 4.69) is 41.5 Å². The Labute approximate surface area is 162 Å². The molecule has 0 radical (unpaired) electrons. The van der Waals surface area contributed by atoms with Gasteiger partial charge in [0.15, 0.2) is 0 Å². The molecular weight excluding hydrogens is 363 g/mol. The maximum absolute atomic E-state index is 11.8. The smallest absolute Gasteiger partial charge is 0.239 e. The van der Waals surface area contributed by atoms with Gasteiger partial charge in [0.2, 0.25) is 11.8 Å². The van der Waals surface area contributed by atoms with Crippen LogP contribution in [0.3, 0.4) is 0 Å². The first-order valence-corrected chi connectivity index (χ1v) is 8.12. The summed E-state index contributed by atoms with van der Waals surface area (Å²) < 4.78 is 0. The summed E-state index contributed by atoms with van der Waals surface area (Å²) in [6, 6.07) is 10.5. The lowest BCUT2D eigenvalue weighted by Gasteiger charge is -2.30. The van der Waals surface area contributed by atoms with E-state index in [1.165, 1.54) is 5.56 Å². The molecule has 1 aromatic carbocycles. The van der Waals surface area contributed by atoms with Crippen molar-refractivity contribution in [1.82, 2.24) is 15.5 Å². The Balaban J connectivity index is 0. The first-order chi connectivity index (χ1) is 11.1. The van der Waals surface area contributed by atoms with Crippen LogP contribution in [-0.4, -0.2) is 55.5 Å². The van der Waals surface area contributed by atoms with Crippen LogP contribution in [0.15, 0.2) is 30.3 Å². The fraction of sp³-hybridized carbons (Fsp3) is 0.529. The average Bonchev–Trinajstić information content (AvgIpc) is 2.59. The van der Waals surface area contributed by atoms with Gasteiger partial charge >= 0.3 is 0 Å². The van der Waals surface area contributed by atoms with Gasteiger partial charge in [-0.15, -0.1) is 24.8 Å². The molecule has 6 nitrogen and oxygen atoms in total. The second-order valence-corrected chi connectivity index (χ2v) is 5.35. The van der Waals surface area contributed by atoms with Crippen LogP contribution in [0.4, 0.5) is 0 Å². The molecule has 4 N–H and O–H groups in total. The third kappa shape index (κ3) is 10.3. The van der Waals surface area contributed by atoms with Crippen molar-refractivity contribution in [3.63, 3.8) is 0 Å². The molecule has 2 amide bonds. The predicted octanol–water partition coefficient (Wildman–Crippen LogP) is 0.974. The van der Waals surface area contributed by atoms with Crippen molar-refractivity contribution in [2.45, 2.75) is 26.3 Å². The van der Waals surface area contributed by atoms with E-state index in [1.807, 2.05) is 18.2 Å². The van der Waals surface area contributed by atoms with Gasteiger partial charge in [0.1, 0.15) is 0 Å². The minimum atomic E-state index is -0.329. The van der Waals surface area contributed by atoms with E-state index in [0.29, 0.717) is 6.54 Å². The third-order valence-electron chi connectivity index (χ3n) is 3.81. The zero-order chi connectivity index (χ0) is 17.1. The number of nitrogens with one attached hydrogen (secondary N) is 2. The number of hydrogen-bond acceptors (Lipinski definition) is 4. The van der Waals surface area contributed by atoms with E-state index in [9.17, 15) is 9.59 Å². The fourth-order valence-electron chi connectivity index (χ4n) is 2.50. The van der Waals surface area contributed by atoms with Gasteiger partial charge in [-0.25, -0.2) is 0 Å². The van der Waals surface area contributed by atoms with E-state index in [1.54, 1.807) is 0 Å². The number of benzene rings is 1. The summed E-state index contributed by atoms with van der Waals surface area (Å²) in [5.41, 5.74) is 6.44. The van der Waals surface area contributed by atoms with Crippen molar-refractivity contribution in [3.05, 3.63) is 35.9 Å². The number of halogens is 2. The van der Waals surface area contributed by atoms with E-state index in [-0.39, 0.29) is 55.8 Å². The standard InChI is InChI=1S/C17H28N4O2.2ClH/c1-3-21(4-2)15(10-14-8-6-5-7-9-14)12-19-17(23)13-20-16(22)11-18;;/h5-9,15H,3-4,10-13,18H2,1-2H3,(H,19,23)(H,20,22);2*1H. The maximum Gasteiger partial charge on any atom is 0.239 e. The van der Waals surface area contributed by atoms with Gasteiger partial charge < -0.3 is 16.4 Å². The number of amides is 2. The highest BCUT2D eigenvalue weighted by Gasteiger charge is 2.17. The molecular formula is C17H30Cl2N4O2. The van der Waals surface area contributed by atoms with Crippen LogP contribution in [0.25, 0.3) is 0 Å². The minimum absolute atomic E-state index is 0. The molecule has 0 aliphatic carbocycles. The Hall–Kier alpha value is -1.34. The highest BCUT2D eigenvalue weighted by molar-refractivity contribution is 5.86. The summed E-state index contributed by atoms with van der Waals surface area (Å²) in [6.07, 6.45) is 0.873. The Bertz CT molecular complexity index is 485. The summed E-state index contributed by atoms with van der Waals surface area (Å²) in [7, 11) is 0.